The molecule has 12 rings (SSSR count). The van der Waals surface area contributed by atoms with Gasteiger partial charge in [0, 0.05) is 75.4 Å². The summed E-state index contributed by atoms with van der Waals surface area (Å²) in [7, 11) is 0. The van der Waals surface area contributed by atoms with Crippen molar-refractivity contribution in [1.82, 2.24) is 19.5 Å². The minimum atomic E-state index is -0.299. The van der Waals surface area contributed by atoms with Gasteiger partial charge in [-0.05, 0) is 49.2 Å². The highest BCUT2D eigenvalue weighted by molar-refractivity contribution is 7.26. The molecular weight excluding hydrogens is 717 g/mol. The second-order valence-corrected chi connectivity index (χ2v) is 15.2. The van der Waals surface area contributed by atoms with Crippen molar-refractivity contribution in [3.63, 3.8) is 0 Å². The maximum absolute atomic E-state index is 9.62. The molecule has 11 aromatic rings. The van der Waals surface area contributed by atoms with E-state index in [4.69, 9.17) is 24.9 Å². The maximum Gasteiger partial charge on any atom is 0.166 e. The van der Waals surface area contributed by atoms with E-state index in [1.807, 2.05) is 103 Å². The molecule has 0 bridgehead atoms. The van der Waals surface area contributed by atoms with Crippen LogP contribution in [0.3, 0.4) is 0 Å². The standard InChI is InChI=1S/C51H32N4OS/c1-2-14-31(15-3-1)49-52-50(32-28-29-36-35-18-6-10-26-44(35)56-45(36)30-32)54-51(53-49)41-23-12-20-38(40-22-13-21-39-37-19-7-11-27-46(37)57-48(39)40)47(41)55-42-24-8-4-16-33(42)34-17-5-9-25-43(34)55/h1-8,10-24,26-30H,9,25H2/i7D,13D,19D,21D,22D,27D. The van der Waals surface area contributed by atoms with Crippen LogP contribution in [0.4, 0.5) is 0 Å². The molecule has 0 radical (unpaired) electrons. The molecular formula is C51H32N4OS. The van der Waals surface area contributed by atoms with Crippen molar-refractivity contribution in [2.75, 3.05) is 0 Å². The first-order valence-corrected chi connectivity index (χ1v) is 19.7. The van der Waals surface area contributed by atoms with Crippen molar-refractivity contribution in [2.45, 2.75) is 12.8 Å². The minimum Gasteiger partial charge on any atom is -0.456 e. The number of rotatable bonds is 5. The van der Waals surface area contributed by atoms with E-state index in [9.17, 15) is 2.74 Å². The Morgan fingerprint density at radius 3 is 2.28 bits per heavy atom. The van der Waals surface area contributed by atoms with E-state index in [0.717, 1.165) is 62.5 Å². The quantitative estimate of drug-likeness (QED) is 0.176. The monoisotopic (exact) mass is 754 g/mol. The van der Waals surface area contributed by atoms with Crippen molar-refractivity contribution in [2.24, 2.45) is 0 Å². The molecule has 0 fully saturated rings. The zero-order valence-corrected chi connectivity index (χ0v) is 31.0. The Balaban J connectivity index is 1.21. The number of fused-ring (bicyclic) bond motifs is 9. The number of furan rings is 1. The highest BCUT2D eigenvalue weighted by atomic mass is 32.1. The van der Waals surface area contributed by atoms with Gasteiger partial charge in [0.2, 0.25) is 0 Å². The van der Waals surface area contributed by atoms with E-state index in [0.29, 0.717) is 60.2 Å². The number of aromatic nitrogens is 4. The van der Waals surface area contributed by atoms with Gasteiger partial charge in [-0.2, -0.15) is 0 Å². The molecule has 0 saturated heterocycles. The van der Waals surface area contributed by atoms with Gasteiger partial charge in [-0.25, -0.2) is 15.0 Å². The number of hydrogen-bond donors (Lipinski definition) is 0. The van der Waals surface area contributed by atoms with Crippen LogP contribution < -0.4 is 0 Å². The van der Waals surface area contributed by atoms with Crippen LogP contribution in [0.15, 0.2) is 168 Å². The predicted molar refractivity (Wildman–Crippen MR) is 236 cm³/mol. The van der Waals surface area contributed by atoms with Gasteiger partial charge >= 0.3 is 0 Å². The zero-order chi connectivity index (χ0) is 42.7. The SMILES string of the molecule is [2H]c1cc([2H])c2sc3c(-c4cccc(-c5nc(-c6ccccc6)nc(-c6ccc7c(c6)oc6ccccc67)n5)c4-n4c5c(c6ccccc64)C=CCC5)c([2H])c([2H])c([2H])c3c2c1[2H]. The molecule has 7 aromatic carbocycles. The summed E-state index contributed by atoms with van der Waals surface area (Å²) in [5.41, 5.74) is 8.51. The van der Waals surface area contributed by atoms with Gasteiger partial charge in [-0.3, -0.25) is 0 Å². The Kier molecular flexibility index (Phi) is 5.93. The lowest BCUT2D eigenvalue weighted by Gasteiger charge is -2.21. The third-order valence-electron chi connectivity index (χ3n) is 10.9. The third kappa shape index (κ3) is 5.04. The van der Waals surface area contributed by atoms with Gasteiger partial charge in [0.1, 0.15) is 11.2 Å². The van der Waals surface area contributed by atoms with E-state index in [2.05, 4.69) is 28.9 Å². The molecule has 268 valence electrons. The average molecular weight is 755 g/mol. The summed E-state index contributed by atoms with van der Waals surface area (Å²) in [6.45, 7) is 0. The first-order valence-electron chi connectivity index (χ1n) is 21.8. The van der Waals surface area contributed by atoms with Gasteiger partial charge in [-0.15, -0.1) is 11.3 Å². The van der Waals surface area contributed by atoms with Crippen LogP contribution in [0.1, 0.15) is 25.9 Å². The van der Waals surface area contributed by atoms with Crippen LogP contribution in [0, 0.1) is 0 Å². The molecule has 0 spiro atoms. The molecule has 0 atom stereocenters. The fraction of sp³-hybridized carbons (Fsp3) is 0.0392. The average Bonchev–Trinajstić information content (AvgIpc) is 4.01. The van der Waals surface area contributed by atoms with Gasteiger partial charge in [0.05, 0.1) is 19.4 Å². The molecule has 1 aliphatic rings. The predicted octanol–water partition coefficient (Wildman–Crippen LogP) is 13.7. The number of thiophene rings is 1. The number of nitrogens with zero attached hydrogens (tertiary/aromatic N) is 4. The first kappa shape index (κ1) is 26.6. The number of para-hydroxylation sites is 3. The first-order chi connectivity index (χ1) is 30.7. The lowest BCUT2D eigenvalue weighted by molar-refractivity contribution is 0.669. The summed E-state index contributed by atoms with van der Waals surface area (Å²) in [5, 5.41) is 3.65. The van der Waals surface area contributed by atoms with Crippen LogP contribution in [-0.2, 0) is 6.42 Å². The van der Waals surface area contributed by atoms with E-state index in [-0.39, 0.29) is 41.6 Å². The summed E-state index contributed by atoms with van der Waals surface area (Å²) >= 11 is 1.23. The second-order valence-electron chi connectivity index (χ2n) is 14.2. The summed E-state index contributed by atoms with van der Waals surface area (Å²) in [6, 6.07) is 38.4. The lowest BCUT2D eigenvalue weighted by Crippen LogP contribution is -2.08. The fourth-order valence-electron chi connectivity index (χ4n) is 8.36. The van der Waals surface area contributed by atoms with Crippen molar-refractivity contribution >= 4 is 70.4 Å². The third-order valence-corrected chi connectivity index (χ3v) is 12.0. The van der Waals surface area contributed by atoms with Gasteiger partial charge < -0.3 is 8.98 Å². The molecule has 1 aliphatic carbocycles. The van der Waals surface area contributed by atoms with Crippen molar-refractivity contribution in [3.8, 4) is 51.0 Å². The number of benzene rings is 7. The van der Waals surface area contributed by atoms with Crippen molar-refractivity contribution in [1.29, 1.82) is 0 Å². The Hall–Kier alpha value is -7.15. The Labute approximate surface area is 340 Å². The van der Waals surface area contributed by atoms with Crippen LogP contribution in [0.2, 0.25) is 0 Å². The van der Waals surface area contributed by atoms with Gasteiger partial charge in [-0.1, -0.05) is 133 Å². The van der Waals surface area contributed by atoms with Gasteiger partial charge in [0.25, 0.3) is 0 Å². The molecule has 4 aromatic heterocycles. The van der Waals surface area contributed by atoms with Crippen LogP contribution in [0.5, 0.6) is 0 Å². The summed E-state index contributed by atoms with van der Waals surface area (Å²) in [4.78, 5) is 15.6. The smallest absolute Gasteiger partial charge is 0.166 e. The number of hydrogen-bond acceptors (Lipinski definition) is 5. The molecule has 0 amide bonds. The maximum atomic E-state index is 9.62. The largest absolute Gasteiger partial charge is 0.456 e. The molecule has 4 heterocycles. The molecule has 57 heavy (non-hydrogen) atoms. The molecule has 0 unspecified atom stereocenters. The highest BCUT2D eigenvalue weighted by Crippen LogP contribution is 2.46. The molecule has 0 saturated carbocycles. The van der Waals surface area contributed by atoms with Crippen LogP contribution in [-0.4, -0.2) is 19.5 Å². The zero-order valence-electron chi connectivity index (χ0n) is 36.2. The summed E-state index contributed by atoms with van der Waals surface area (Å²) in [5.74, 6) is 1.30. The topological polar surface area (TPSA) is 56.7 Å². The van der Waals surface area contributed by atoms with E-state index < -0.39 is 0 Å². The van der Waals surface area contributed by atoms with Crippen LogP contribution in [0.25, 0.3) is 110 Å². The lowest BCUT2D eigenvalue weighted by atomic mass is 9.96. The summed E-state index contributed by atoms with van der Waals surface area (Å²) < 4.78 is 63.8. The van der Waals surface area contributed by atoms with E-state index >= 15 is 0 Å². The highest BCUT2D eigenvalue weighted by Gasteiger charge is 2.26. The Bertz CT molecular complexity index is 3780. The van der Waals surface area contributed by atoms with Gasteiger partial charge in [0.15, 0.2) is 17.5 Å². The molecule has 0 N–H and O–H groups in total. The normalized spacial score (nSPS) is 14.2. The minimum absolute atomic E-state index is 0.0637. The van der Waals surface area contributed by atoms with Crippen molar-refractivity contribution in [3.05, 3.63) is 175 Å². The number of allylic oxidation sites excluding steroid dienone is 1. The Morgan fingerprint density at radius 2 is 1.35 bits per heavy atom. The molecule has 0 aliphatic heterocycles. The molecule has 6 heteroatoms. The van der Waals surface area contributed by atoms with E-state index in [1.54, 1.807) is 0 Å². The Morgan fingerprint density at radius 1 is 0.579 bits per heavy atom. The van der Waals surface area contributed by atoms with Crippen LogP contribution >= 0.6 is 11.3 Å². The fourth-order valence-corrected chi connectivity index (χ4v) is 9.46. The van der Waals surface area contributed by atoms with E-state index in [1.165, 1.54) is 17.4 Å². The summed E-state index contributed by atoms with van der Waals surface area (Å²) in [6.07, 6.45) is 5.92. The van der Waals surface area contributed by atoms with Crippen molar-refractivity contribution < 1.29 is 12.6 Å². The molecule has 5 nitrogen and oxygen atoms in total. The second kappa shape index (κ2) is 12.7.